The molecule has 0 saturated carbocycles. The fraction of sp³-hybridized carbons (Fsp3) is 0.143. The predicted molar refractivity (Wildman–Crippen MR) is 129 cm³/mol. The zero-order valence-electron chi connectivity index (χ0n) is 31.8. The lowest BCUT2D eigenvalue weighted by molar-refractivity contribution is 0.483. The number of rotatable bonds is 4. The Balaban J connectivity index is 1.70. The summed E-state index contributed by atoms with van der Waals surface area (Å²) < 4.78 is 137. The summed E-state index contributed by atoms with van der Waals surface area (Å²) in [6.07, 6.45) is 0. The Morgan fingerprint density at radius 1 is 0.710 bits per heavy atom. The largest absolute Gasteiger partial charge is 0.457 e. The van der Waals surface area contributed by atoms with Gasteiger partial charge in [-0.2, -0.15) is 0 Å². The van der Waals surface area contributed by atoms with Crippen LogP contribution in [0.2, 0.25) is 0 Å². The molecule has 5 rings (SSSR count). The molecule has 3 heteroatoms. The minimum atomic E-state index is -0.806. The van der Waals surface area contributed by atoms with Gasteiger partial charge in [0.25, 0.3) is 0 Å². The molecule has 1 aromatic heterocycles. The van der Waals surface area contributed by atoms with Crippen LogP contribution in [0.3, 0.4) is 0 Å². The first-order chi connectivity index (χ1) is 21.2. The number of nitrogens with one attached hydrogen (secondary N) is 1. The van der Waals surface area contributed by atoms with E-state index in [1.54, 1.807) is 20.8 Å². The zero-order chi connectivity index (χ0) is 34.5. The third-order valence-electron chi connectivity index (χ3n) is 4.29. The quantitative estimate of drug-likeness (QED) is 0.315. The Bertz CT molecular complexity index is 2090. The summed E-state index contributed by atoms with van der Waals surface area (Å²) in [6.45, 7) is 5.29. The highest BCUT2D eigenvalue weighted by atomic mass is 16.5. The molecular formula is C28H25NO2. The Morgan fingerprint density at radius 2 is 1.42 bits per heavy atom. The predicted octanol–water partition coefficient (Wildman–Crippen LogP) is 8.42. The summed E-state index contributed by atoms with van der Waals surface area (Å²) in [5, 5.41) is 2.44. The van der Waals surface area contributed by atoms with Gasteiger partial charge in [-0.3, -0.25) is 0 Å². The van der Waals surface area contributed by atoms with Gasteiger partial charge >= 0.3 is 0 Å². The molecule has 0 fully saturated rings. The highest BCUT2D eigenvalue weighted by Crippen LogP contribution is 2.34. The van der Waals surface area contributed by atoms with E-state index in [0.29, 0.717) is 0 Å². The van der Waals surface area contributed by atoms with E-state index in [9.17, 15) is 0 Å². The molecule has 0 aliphatic heterocycles. The van der Waals surface area contributed by atoms with Gasteiger partial charge < -0.3 is 14.5 Å². The monoisotopic (exact) mass is 422 g/mol. The molecule has 0 radical (unpaired) electrons. The average molecular weight is 423 g/mol. The van der Waals surface area contributed by atoms with Crippen molar-refractivity contribution in [2.45, 2.75) is 26.2 Å². The van der Waals surface area contributed by atoms with Gasteiger partial charge in [-0.25, -0.2) is 0 Å². The lowest BCUT2D eigenvalue weighted by atomic mass is 9.86. The number of hydrogen-bond donors (Lipinski definition) is 1. The van der Waals surface area contributed by atoms with E-state index in [0.717, 1.165) is 0 Å². The van der Waals surface area contributed by atoms with Crippen molar-refractivity contribution in [2.75, 3.05) is 5.32 Å². The minimum absolute atomic E-state index is 0.00197. The van der Waals surface area contributed by atoms with Crippen molar-refractivity contribution in [1.29, 1.82) is 0 Å². The molecule has 0 unspecified atom stereocenters. The number of para-hydroxylation sites is 1. The van der Waals surface area contributed by atoms with Gasteiger partial charge in [0.1, 0.15) is 22.7 Å². The molecule has 1 heterocycles. The Hall–Kier alpha value is -3.72. The molecule has 0 amide bonds. The normalized spacial score (nSPS) is 18.5. The third kappa shape index (κ3) is 3.99. The van der Waals surface area contributed by atoms with Crippen LogP contribution in [0.5, 0.6) is 11.5 Å². The van der Waals surface area contributed by atoms with Crippen LogP contribution in [-0.4, -0.2) is 0 Å². The molecule has 154 valence electrons. The zero-order valence-corrected chi connectivity index (χ0v) is 16.8. The summed E-state index contributed by atoms with van der Waals surface area (Å²) >= 11 is 0. The molecule has 5 aromatic rings. The summed E-state index contributed by atoms with van der Waals surface area (Å²) in [5.74, 6) is -1.45. The molecule has 4 aromatic carbocycles. The molecule has 0 bridgehead atoms. The van der Waals surface area contributed by atoms with Crippen LogP contribution in [0.1, 0.15) is 46.9 Å². The van der Waals surface area contributed by atoms with E-state index in [4.69, 9.17) is 29.7 Å². The smallest absolute Gasteiger partial charge is 0.137 e. The van der Waals surface area contributed by atoms with E-state index < -0.39 is 101 Å². The van der Waals surface area contributed by atoms with E-state index in [1.807, 2.05) is 0 Å². The van der Waals surface area contributed by atoms with E-state index in [1.165, 1.54) is 0 Å². The first-order valence-electron chi connectivity index (χ1n) is 16.8. The molecule has 0 aliphatic rings. The van der Waals surface area contributed by atoms with Crippen LogP contribution in [0.4, 0.5) is 11.4 Å². The van der Waals surface area contributed by atoms with Crippen molar-refractivity contribution in [1.82, 2.24) is 0 Å². The number of ether oxygens (including phenoxy) is 1. The van der Waals surface area contributed by atoms with Crippen LogP contribution in [-0.2, 0) is 5.41 Å². The first kappa shape index (κ1) is 8.80. The molecule has 0 atom stereocenters. The SMILES string of the molecule is [2H]c1c([2H])c([2H])c(Oc2c([2H])c([2H])c(Nc3c([2H])c([2H])c4c(oc5c([2H])c([2H])c(C(C)(C)C)c([2H])c54)c3[2H])c([2H])c2[2H])c([2H])c1[2H]. The van der Waals surface area contributed by atoms with Crippen LogP contribution in [0, 0.1) is 0 Å². The second-order valence-corrected chi connectivity index (χ2v) is 7.65. The number of fused-ring (bicyclic) bond motifs is 3. The fourth-order valence-electron chi connectivity index (χ4n) is 2.76. The summed E-state index contributed by atoms with van der Waals surface area (Å²) in [4.78, 5) is 0. The summed E-state index contributed by atoms with van der Waals surface area (Å²) in [7, 11) is 0. The van der Waals surface area contributed by atoms with Gasteiger partial charge in [0.15, 0.2) is 0 Å². The summed E-state index contributed by atoms with van der Waals surface area (Å²) in [5.41, 5.74) is -1.96. The van der Waals surface area contributed by atoms with Crippen LogP contribution in [0.15, 0.2) is 95.1 Å². The second-order valence-electron chi connectivity index (χ2n) is 7.65. The van der Waals surface area contributed by atoms with Gasteiger partial charge in [0.05, 0.1) is 20.6 Å². The van der Waals surface area contributed by atoms with Crippen LogP contribution in [0.25, 0.3) is 21.9 Å². The molecule has 1 N–H and O–H groups in total. The molecule has 3 nitrogen and oxygen atoms in total. The van der Waals surface area contributed by atoms with Crippen molar-refractivity contribution in [3.8, 4) is 11.5 Å². The molecule has 0 saturated heterocycles. The highest BCUT2D eigenvalue weighted by Gasteiger charge is 2.16. The minimum Gasteiger partial charge on any atom is -0.457 e. The van der Waals surface area contributed by atoms with Crippen molar-refractivity contribution in [3.63, 3.8) is 0 Å². The number of hydrogen-bond acceptors (Lipinski definition) is 3. The maximum absolute atomic E-state index is 8.82. The molecule has 31 heavy (non-hydrogen) atoms. The highest BCUT2D eigenvalue weighted by molar-refractivity contribution is 6.06. The van der Waals surface area contributed by atoms with Crippen molar-refractivity contribution in [2.24, 2.45) is 0 Å². The standard InChI is InChI=1S/C28H25NO2/c1-28(2,3)19-9-16-26-25(17-19)24-15-12-21(18-27(24)31-26)29-20-10-13-23(14-11-20)30-22-7-5-4-6-8-22/h4-18,29H,1-3H3/i4D,5D,6D,7D,8D,9D,10D,11D,12D,13D,14D,15D,16D,17D,18D. The van der Waals surface area contributed by atoms with E-state index >= 15 is 0 Å². The van der Waals surface area contributed by atoms with Crippen molar-refractivity contribution >= 4 is 33.3 Å². The number of benzene rings is 4. The van der Waals surface area contributed by atoms with Crippen LogP contribution < -0.4 is 10.1 Å². The maximum atomic E-state index is 8.82. The van der Waals surface area contributed by atoms with E-state index in [-0.39, 0.29) is 45.6 Å². The van der Waals surface area contributed by atoms with Gasteiger partial charge in [0, 0.05) is 28.2 Å². The van der Waals surface area contributed by atoms with Crippen molar-refractivity contribution in [3.05, 3.63) is 96.2 Å². The lowest BCUT2D eigenvalue weighted by Gasteiger charge is -2.18. The number of furan rings is 1. The van der Waals surface area contributed by atoms with Gasteiger partial charge in [-0.15, -0.1) is 0 Å². The fourth-order valence-corrected chi connectivity index (χ4v) is 2.76. The van der Waals surface area contributed by atoms with Gasteiger partial charge in [-0.05, 0) is 71.4 Å². The number of anilines is 2. The van der Waals surface area contributed by atoms with Crippen molar-refractivity contribution < 1.29 is 29.7 Å². The van der Waals surface area contributed by atoms with Gasteiger partial charge in [-0.1, -0.05) is 44.9 Å². The Kier molecular flexibility index (Phi) is 2.13. The molecular weight excluding hydrogens is 382 g/mol. The Morgan fingerprint density at radius 3 is 2.16 bits per heavy atom. The first-order valence-corrected chi connectivity index (χ1v) is 9.32. The summed E-state index contributed by atoms with van der Waals surface area (Å²) in [6, 6.07) is -9.23. The topological polar surface area (TPSA) is 34.4 Å². The van der Waals surface area contributed by atoms with Gasteiger partial charge in [0.2, 0.25) is 0 Å². The average Bonchev–Trinajstić information content (AvgIpc) is 3.40. The second kappa shape index (κ2) is 7.51. The maximum Gasteiger partial charge on any atom is 0.137 e. The lowest BCUT2D eigenvalue weighted by Crippen LogP contribution is -2.10. The Labute approximate surface area is 203 Å². The van der Waals surface area contributed by atoms with E-state index in [2.05, 4.69) is 5.32 Å². The molecule has 0 aliphatic carbocycles. The molecule has 0 spiro atoms. The third-order valence-corrected chi connectivity index (χ3v) is 4.29. The van der Waals surface area contributed by atoms with Crippen LogP contribution >= 0.6 is 0 Å².